The predicted molar refractivity (Wildman–Crippen MR) is 72.7 cm³/mol. The Morgan fingerprint density at radius 1 is 1.47 bits per heavy atom. The van der Waals surface area contributed by atoms with E-state index in [2.05, 4.69) is 13.0 Å². The van der Waals surface area contributed by atoms with Crippen LogP contribution in [0, 0.1) is 0 Å². The fourth-order valence-electron chi connectivity index (χ4n) is 2.27. The molecule has 1 aliphatic heterocycles. The number of carbonyl (C=O) groups excluding carboxylic acids is 1. The lowest BCUT2D eigenvalue weighted by molar-refractivity contribution is -0.118. The zero-order valence-electron chi connectivity index (χ0n) is 10.1. The van der Waals surface area contributed by atoms with E-state index in [1.54, 1.807) is 0 Å². The third-order valence-corrected chi connectivity index (χ3v) is 3.20. The fourth-order valence-corrected chi connectivity index (χ4v) is 2.27. The third-order valence-electron chi connectivity index (χ3n) is 3.20. The van der Waals surface area contributed by atoms with E-state index in [4.69, 9.17) is 5.73 Å². The molecule has 0 fully saturated rings. The van der Waals surface area contributed by atoms with Crippen molar-refractivity contribution in [2.75, 3.05) is 18.0 Å². The van der Waals surface area contributed by atoms with Crippen molar-refractivity contribution in [3.8, 4) is 0 Å². The maximum Gasteiger partial charge on any atom is 0.228 e. The number of benzene rings is 1. The molecule has 0 aromatic heterocycles. The van der Waals surface area contributed by atoms with E-state index in [1.165, 1.54) is 5.56 Å². The topological polar surface area (TPSA) is 46.3 Å². The molecule has 17 heavy (non-hydrogen) atoms. The number of carbonyl (C=O) groups is 1. The minimum Gasteiger partial charge on any atom is -0.330 e. The van der Waals surface area contributed by atoms with Crippen molar-refractivity contribution >= 4 is 24.0 Å². The SMILES string of the molecule is CC1CCN(C(=O)CCN)c2ccccc21.Cl. The van der Waals surface area contributed by atoms with Crippen LogP contribution in [0.2, 0.25) is 0 Å². The summed E-state index contributed by atoms with van der Waals surface area (Å²) >= 11 is 0. The summed E-state index contributed by atoms with van der Waals surface area (Å²) in [6.45, 7) is 3.45. The molecule has 94 valence electrons. The monoisotopic (exact) mass is 254 g/mol. The highest BCUT2D eigenvalue weighted by atomic mass is 35.5. The van der Waals surface area contributed by atoms with Crippen molar-refractivity contribution in [2.45, 2.75) is 25.7 Å². The molecular weight excluding hydrogens is 236 g/mol. The average molecular weight is 255 g/mol. The van der Waals surface area contributed by atoms with Gasteiger partial charge in [0.2, 0.25) is 5.91 Å². The number of amides is 1. The van der Waals surface area contributed by atoms with Crippen molar-refractivity contribution in [1.29, 1.82) is 0 Å². The molecule has 1 unspecified atom stereocenters. The molecule has 0 spiro atoms. The summed E-state index contributed by atoms with van der Waals surface area (Å²) in [6, 6.07) is 8.16. The van der Waals surface area contributed by atoms with Gasteiger partial charge in [-0.2, -0.15) is 0 Å². The first-order valence-corrected chi connectivity index (χ1v) is 5.83. The van der Waals surface area contributed by atoms with Crippen molar-refractivity contribution in [1.82, 2.24) is 0 Å². The van der Waals surface area contributed by atoms with Gasteiger partial charge in [0, 0.05) is 25.2 Å². The Balaban J connectivity index is 0.00000144. The van der Waals surface area contributed by atoms with E-state index in [0.29, 0.717) is 18.9 Å². The molecule has 3 nitrogen and oxygen atoms in total. The number of nitrogens with zero attached hydrogens (tertiary/aromatic N) is 1. The fraction of sp³-hybridized carbons (Fsp3) is 0.462. The molecule has 1 heterocycles. The normalized spacial score (nSPS) is 18.2. The Bertz CT molecular complexity index is 395. The first-order valence-electron chi connectivity index (χ1n) is 5.83. The first-order chi connectivity index (χ1) is 7.74. The van der Waals surface area contributed by atoms with E-state index in [1.807, 2.05) is 23.1 Å². The third kappa shape index (κ3) is 2.79. The Morgan fingerprint density at radius 3 is 2.88 bits per heavy atom. The predicted octanol–water partition coefficient (Wildman–Crippen LogP) is 2.30. The zero-order chi connectivity index (χ0) is 11.5. The maximum atomic E-state index is 11.9. The van der Waals surface area contributed by atoms with Crippen LogP contribution in [0.25, 0.3) is 0 Å². The summed E-state index contributed by atoms with van der Waals surface area (Å²) in [5, 5.41) is 0. The number of fused-ring (bicyclic) bond motifs is 1. The number of nitrogens with two attached hydrogens (primary N) is 1. The molecule has 0 aliphatic carbocycles. The van der Waals surface area contributed by atoms with Crippen LogP contribution in [0.3, 0.4) is 0 Å². The number of hydrogen-bond donors (Lipinski definition) is 1. The summed E-state index contributed by atoms with van der Waals surface area (Å²) in [4.78, 5) is 13.8. The molecule has 2 rings (SSSR count). The van der Waals surface area contributed by atoms with Gasteiger partial charge in [0.15, 0.2) is 0 Å². The van der Waals surface area contributed by atoms with E-state index < -0.39 is 0 Å². The Kier molecular flexibility index (Phi) is 4.97. The highest BCUT2D eigenvalue weighted by Crippen LogP contribution is 2.34. The van der Waals surface area contributed by atoms with Crippen molar-refractivity contribution in [2.24, 2.45) is 5.73 Å². The molecule has 1 aliphatic rings. The van der Waals surface area contributed by atoms with E-state index >= 15 is 0 Å². The highest BCUT2D eigenvalue weighted by Gasteiger charge is 2.25. The van der Waals surface area contributed by atoms with Gasteiger partial charge >= 0.3 is 0 Å². The summed E-state index contributed by atoms with van der Waals surface area (Å²) in [5.41, 5.74) is 7.78. The smallest absolute Gasteiger partial charge is 0.228 e. The van der Waals surface area contributed by atoms with Crippen molar-refractivity contribution in [3.63, 3.8) is 0 Å². The van der Waals surface area contributed by atoms with E-state index in [-0.39, 0.29) is 18.3 Å². The van der Waals surface area contributed by atoms with Gasteiger partial charge in [-0.3, -0.25) is 4.79 Å². The van der Waals surface area contributed by atoms with Crippen LogP contribution in [0.5, 0.6) is 0 Å². The zero-order valence-corrected chi connectivity index (χ0v) is 10.9. The van der Waals surface area contributed by atoms with Crippen LogP contribution in [-0.2, 0) is 4.79 Å². The van der Waals surface area contributed by atoms with Gasteiger partial charge in [-0.1, -0.05) is 25.1 Å². The lowest BCUT2D eigenvalue weighted by Crippen LogP contribution is -2.37. The second-order valence-corrected chi connectivity index (χ2v) is 4.33. The van der Waals surface area contributed by atoms with Crippen LogP contribution in [0.1, 0.15) is 31.2 Å². The summed E-state index contributed by atoms with van der Waals surface area (Å²) in [7, 11) is 0. The Morgan fingerprint density at radius 2 is 2.18 bits per heavy atom. The van der Waals surface area contributed by atoms with Crippen LogP contribution in [0.15, 0.2) is 24.3 Å². The molecule has 1 amide bonds. The average Bonchev–Trinajstić information content (AvgIpc) is 2.30. The Labute approximate surface area is 108 Å². The van der Waals surface area contributed by atoms with Crippen LogP contribution < -0.4 is 10.6 Å². The summed E-state index contributed by atoms with van der Waals surface area (Å²) in [6.07, 6.45) is 1.47. The van der Waals surface area contributed by atoms with Crippen LogP contribution in [-0.4, -0.2) is 19.0 Å². The first kappa shape index (κ1) is 14.0. The molecule has 1 aromatic rings. The minimum atomic E-state index is 0. The molecule has 0 saturated carbocycles. The molecule has 0 radical (unpaired) electrons. The van der Waals surface area contributed by atoms with Gasteiger partial charge in [-0.25, -0.2) is 0 Å². The van der Waals surface area contributed by atoms with Crippen LogP contribution in [0.4, 0.5) is 5.69 Å². The molecule has 1 aromatic carbocycles. The van der Waals surface area contributed by atoms with Gasteiger partial charge in [0.25, 0.3) is 0 Å². The van der Waals surface area contributed by atoms with Crippen molar-refractivity contribution in [3.05, 3.63) is 29.8 Å². The largest absolute Gasteiger partial charge is 0.330 e. The second kappa shape index (κ2) is 6.03. The molecular formula is C13H19ClN2O. The van der Waals surface area contributed by atoms with E-state index in [9.17, 15) is 4.79 Å². The minimum absolute atomic E-state index is 0. The second-order valence-electron chi connectivity index (χ2n) is 4.33. The van der Waals surface area contributed by atoms with Gasteiger partial charge < -0.3 is 10.6 Å². The standard InChI is InChI=1S/C13H18N2O.ClH/c1-10-7-9-15(13(16)6-8-14)12-5-3-2-4-11(10)12;/h2-5,10H,6-9,14H2,1H3;1H. The van der Waals surface area contributed by atoms with Crippen LogP contribution >= 0.6 is 12.4 Å². The van der Waals surface area contributed by atoms with Gasteiger partial charge in [0.1, 0.15) is 0 Å². The molecule has 4 heteroatoms. The van der Waals surface area contributed by atoms with Gasteiger partial charge in [-0.15, -0.1) is 12.4 Å². The number of hydrogen-bond acceptors (Lipinski definition) is 2. The summed E-state index contributed by atoms with van der Waals surface area (Å²) in [5.74, 6) is 0.681. The quantitative estimate of drug-likeness (QED) is 0.880. The molecule has 0 bridgehead atoms. The Hall–Kier alpha value is -1.06. The number of rotatable bonds is 2. The number of para-hydroxylation sites is 1. The maximum absolute atomic E-state index is 11.9. The lowest BCUT2D eigenvalue weighted by atomic mass is 9.91. The lowest BCUT2D eigenvalue weighted by Gasteiger charge is -2.32. The van der Waals surface area contributed by atoms with Gasteiger partial charge in [0.05, 0.1) is 0 Å². The molecule has 0 saturated heterocycles. The van der Waals surface area contributed by atoms with Crippen molar-refractivity contribution < 1.29 is 4.79 Å². The molecule has 1 atom stereocenters. The number of halogens is 1. The summed E-state index contributed by atoms with van der Waals surface area (Å²) < 4.78 is 0. The van der Waals surface area contributed by atoms with E-state index in [0.717, 1.165) is 18.7 Å². The number of anilines is 1. The highest BCUT2D eigenvalue weighted by molar-refractivity contribution is 5.94. The molecule has 2 N–H and O–H groups in total. The van der Waals surface area contributed by atoms with Gasteiger partial charge in [-0.05, 0) is 24.0 Å².